The summed E-state index contributed by atoms with van der Waals surface area (Å²) >= 11 is 0. The van der Waals surface area contributed by atoms with Crippen molar-refractivity contribution in [1.82, 2.24) is 19.9 Å². The van der Waals surface area contributed by atoms with Crippen LogP contribution in [0.2, 0.25) is 0 Å². The molecule has 0 fully saturated rings. The molecule has 0 saturated carbocycles. The van der Waals surface area contributed by atoms with Gasteiger partial charge in [0, 0.05) is 30.4 Å². The zero-order chi connectivity index (χ0) is 13.9. The van der Waals surface area contributed by atoms with Gasteiger partial charge in [0.15, 0.2) is 0 Å². The SMILES string of the molecule is Cn1cc(/C=C/c2nc(-c3ccc(F)cc3)no2)cn1. The van der Waals surface area contributed by atoms with E-state index in [0.717, 1.165) is 5.56 Å². The maximum absolute atomic E-state index is 12.8. The van der Waals surface area contributed by atoms with Gasteiger partial charge in [-0.25, -0.2) is 4.39 Å². The fourth-order valence-corrected chi connectivity index (χ4v) is 1.71. The Morgan fingerprint density at radius 2 is 2.00 bits per heavy atom. The molecule has 3 rings (SSSR count). The molecule has 1 aromatic carbocycles. The summed E-state index contributed by atoms with van der Waals surface area (Å²) in [6.07, 6.45) is 7.13. The molecule has 0 N–H and O–H groups in total. The lowest BCUT2D eigenvalue weighted by atomic mass is 10.2. The first-order valence-corrected chi connectivity index (χ1v) is 5.97. The minimum Gasteiger partial charge on any atom is -0.334 e. The number of halogens is 1. The smallest absolute Gasteiger partial charge is 0.250 e. The first-order valence-electron chi connectivity index (χ1n) is 5.97. The van der Waals surface area contributed by atoms with Gasteiger partial charge in [0.1, 0.15) is 5.82 Å². The topological polar surface area (TPSA) is 56.7 Å². The van der Waals surface area contributed by atoms with Crippen molar-refractivity contribution in [3.8, 4) is 11.4 Å². The summed E-state index contributed by atoms with van der Waals surface area (Å²) in [7, 11) is 1.84. The van der Waals surface area contributed by atoms with E-state index in [4.69, 9.17) is 4.52 Å². The van der Waals surface area contributed by atoms with E-state index in [9.17, 15) is 4.39 Å². The highest BCUT2D eigenvalue weighted by atomic mass is 19.1. The summed E-state index contributed by atoms with van der Waals surface area (Å²) in [5.74, 6) is 0.512. The molecule has 6 heteroatoms. The molecule has 2 aromatic heterocycles. The molecule has 2 heterocycles. The van der Waals surface area contributed by atoms with Gasteiger partial charge in [0.05, 0.1) is 6.20 Å². The molecule has 0 saturated heterocycles. The van der Waals surface area contributed by atoms with E-state index in [2.05, 4.69) is 15.2 Å². The normalized spacial score (nSPS) is 11.3. The second kappa shape index (κ2) is 5.08. The van der Waals surface area contributed by atoms with Crippen LogP contribution in [-0.2, 0) is 7.05 Å². The number of hydrogen-bond acceptors (Lipinski definition) is 4. The van der Waals surface area contributed by atoms with Crippen LogP contribution in [0, 0.1) is 5.82 Å². The molecule has 0 aliphatic rings. The Labute approximate surface area is 114 Å². The minimum atomic E-state index is -0.297. The third kappa shape index (κ3) is 2.64. The number of rotatable bonds is 3. The van der Waals surface area contributed by atoms with Crippen LogP contribution in [0.25, 0.3) is 23.5 Å². The third-order valence-electron chi connectivity index (χ3n) is 2.69. The van der Waals surface area contributed by atoms with Gasteiger partial charge < -0.3 is 4.52 Å². The summed E-state index contributed by atoms with van der Waals surface area (Å²) in [5.41, 5.74) is 1.64. The van der Waals surface area contributed by atoms with Crippen LogP contribution in [0.3, 0.4) is 0 Å². The maximum atomic E-state index is 12.8. The lowest BCUT2D eigenvalue weighted by molar-refractivity contribution is 0.411. The molecular weight excluding hydrogens is 259 g/mol. The van der Waals surface area contributed by atoms with Crippen molar-refractivity contribution in [3.05, 3.63) is 53.9 Å². The molecule has 0 aliphatic carbocycles. The van der Waals surface area contributed by atoms with E-state index in [0.29, 0.717) is 17.3 Å². The van der Waals surface area contributed by atoms with Crippen molar-refractivity contribution in [2.45, 2.75) is 0 Å². The van der Waals surface area contributed by atoms with Gasteiger partial charge in [-0.05, 0) is 30.3 Å². The highest BCUT2D eigenvalue weighted by molar-refractivity contribution is 5.66. The minimum absolute atomic E-state index is 0.297. The summed E-state index contributed by atoms with van der Waals surface area (Å²) in [4.78, 5) is 4.22. The summed E-state index contributed by atoms with van der Waals surface area (Å²) < 4.78 is 19.6. The molecule has 20 heavy (non-hydrogen) atoms. The van der Waals surface area contributed by atoms with Gasteiger partial charge in [-0.15, -0.1) is 0 Å². The molecule has 0 atom stereocenters. The van der Waals surface area contributed by atoms with Crippen molar-refractivity contribution in [2.24, 2.45) is 7.05 Å². The predicted octanol–water partition coefficient (Wildman–Crippen LogP) is 2.78. The molecule has 0 spiro atoms. The maximum Gasteiger partial charge on any atom is 0.250 e. The van der Waals surface area contributed by atoms with Crippen LogP contribution in [0.15, 0.2) is 41.2 Å². The van der Waals surface area contributed by atoms with Crippen LogP contribution in [-0.4, -0.2) is 19.9 Å². The van der Waals surface area contributed by atoms with Crippen molar-refractivity contribution in [3.63, 3.8) is 0 Å². The van der Waals surface area contributed by atoms with Crippen LogP contribution in [0.5, 0.6) is 0 Å². The lowest BCUT2D eigenvalue weighted by Gasteiger charge is -1.92. The van der Waals surface area contributed by atoms with E-state index in [-0.39, 0.29) is 5.82 Å². The number of aromatic nitrogens is 4. The van der Waals surface area contributed by atoms with E-state index >= 15 is 0 Å². The zero-order valence-electron chi connectivity index (χ0n) is 10.7. The summed E-state index contributed by atoms with van der Waals surface area (Å²) in [6, 6.07) is 5.93. The number of nitrogens with zero attached hydrogens (tertiary/aromatic N) is 4. The van der Waals surface area contributed by atoms with Crippen LogP contribution < -0.4 is 0 Å². The standard InChI is InChI=1S/C14H11FN4O/c1-19-9-10(8-16-19)2-7-13-17-14(18-20-13)11-3-5-12(15)6-4-11/h2-9H,1H3/b7-2+. The Kier molecular flexibility index (Phi) is 3.12. The molecule has 0 amide bonds. The van der Waals surface area contributed by atoms with E-state index in [1.54, 1.807) is 29.1 Å². The highest BCUT2D eigenvalue weighted by Crippen LogP contribution is 2.17. The molecule has 3 aromatic rings. The van der Waals surface area contributed by atoms with Crippen LogP contribution >= 0.6 is 0 Å². The van der Waals surface area contributed by atoms with Crippen molar-refractivity contribution in [1.29, 1.82) is 0 Å². The van der Waals surface area contributed by atoms with Crippen molar-refractivity contribution in [2.75, 3.05) is 0 Å². The van der Waals surface area contributed by atoms with Gasteiger partial charge in [-0.1, -0.05) is 5.16 Å². The molecule has 100 valence electrons. The van der Waals surface area contributed by atoms with E-state index < -0.39 is 0 Å². The monoisotopic (exact) mass is 270 g/mol. The highest BCUT2D eigenvalue weighted by Gasteiger charge is 2.06. The Morgan fingerprint density at radius 3 is 2.70 bits per heavy atom. The molecule has 0 bridgehead atoms. The Balaban J connectivity index is 1.80. The molecular formula is C14H11FN4O. The number of aryl methyl sites for hydroxylation is 1. The predicted molar refractivity (Wildman–Crippen MR) is 71.8 cm³/mol. The molecule has 5 nitrogen and oxygen atoms in total. The number of hydrogen-bond donors (Lipinski definition) is 0. The molecule has 0 aliphatic heterocycles. The van der Waals surface area contributed by atoms with Gasteiger partial charge in [-0.3, -0.25) is 4.68 Å². The second-order valence-electron chi connectivity index (χ2n) is 4.24. The van der Waals surface area contributed by atoms with Gasteiger partial charge in [0.2, 0.25) is 5.82 Å². The molecule has 0 radical (unpaired) electrons. The van der Waals surface area contributed by atoms with Gasteiger partial charge in [-0.2, -0.15) is 10.1 Å². The average molecular weight is 270 g/mol. The van der Waals surface area contributed by atoms with Crippen LogP contribution in [0.4, 0.5) is 4.39 Å². The lowest BCUT2D eigenvalue weighted by Crippen LogP contribution is -1.83. The largest absolute Gasteiger partial charge is 0.334 e. The second-order valence-corrected chi connectivity index (χ2v) is 4.24. The summed E-state index contributed by atoms with van der Waals surface area (Å²) in [5, 5.41) is 7.91. The molecule has 0 unspecified atom stereocenters. The van der Waals surface area contributed by atoms with E-state index in [1.165, 1.54) is 12.1 Å². The van der Waals surface area contributed by atoms with Gasteiger partial charge in [0.25, 0.3) is 5.89 Å². The Morgan fingerprint density at radius 1 is 1.20 bits per heavy atom. The van der Waals surface area contributed by atoms with Crippen molar-refractivity contribution >= 4 is 12.2 Å². The fourth-order valence-electron chi connectivity index (χ4n) is 1.71. The van der Waals surface area contributed by atoms with Gasteiger partial charge >= 0.3 is 0 Å². The third-order valence-corrected chi connectivity index (χ3v) is 2.69. The number of benzene rings is 1. The zero-order valence-corrected chi connectivity index (χ0v) is 10.7. The average Bonchev–Trinajstić information content (AvgIpc) is 3.06. The van der Waals surface area contributed by atoms with Crippen LogP contribution in [0.1, 0.15) is 11.5 Å². The Hall–Kier alpha value is -2.76. The first kappa shape index (κ1) is 12.3. The fraction of sp³-hybridized carbons (Fsp3) is 0.0714. The summed E-state index contributed by atoms with van der Waals surface area (Å²) in [6.45, 7) is 0. The first-order chi connectivity index (χ1) is 9.70. The van der Waals surface area contributed by atoms with E-state index in [1.807, 2.05) is 19.3 Å². The quantitative estimate of drug-likeness (QED) is 0.734. The van der Waals surface area contributed by atoms with Crippen molar-refractivity contribution < 1.29 is 8.91 Å². The Bertz CT molecular complexity index is 743.